The molecule has 4 aromatic rings. The first-order valence-electron chi connectivity index (χ1n) is 12.2. The SMILES string of the molecule is Cc1ccnc(N2CCCC2)c1-c1cc(N)c2cnc(NC(=O)C3CC3c3cnn(C)c3)cc2c1. The average molecular weight is 468 g/mol. The van der Waals surface area contributed by atoms with Crippen molar-refractivity contribution >= 4 is 34.0 Å². The van der Waals surface area contributed by atoms with Crippen molar-refractivity contribution < 1.29 is 4.79 Å². The minimum absolute atomic E-state index is 0.00532. The summed E-state index contributed by atoms with van der Waals surface area (Å²) in [5.74, 6) is 1.73. The summed E-state index contributed by atoms with van der Waals surface area (Å²) in [5, 5.41) is 9.05. The number of amides is 1. The summed E-state index contributed by atoms with van der Waals surface area (Å²) in [6.07, 6.45) is 10.7. The largest absolute Gasteiger partial charge is 0.398 e. The van der Waals surface area contributed by atoms with E-state index in [9.17, 15) is 4.79 Å². The fourth-order valence-electron chi connectivity index (χ4n) is 5.27. The Kier molecular flexibility index (Phi) is 5.16. The Morgan fingerprint density at radius 2 is 1.97 bits per heavy atom. The number of benzene rings is 1. The van der Waals surface area contributed by atoms with Crippen LogP contribution >= 0.6 is 0 Å². The lowest BCUT2D eigenvalue weighted by atomic mass is 9.97. The van der Waals surface area contributed by atoms with E-state index >= 15 is 0 Å². The highest BCUT2D eigenvalue weighted by Gasteiger charge is 2.44. The number of pyridine rings is 2. The number of hydrogen-bond acceptors (Lipinski definition) is 6. The summed E-state index contributed by atoms with van der Waals surface area (Å²) in [6.45, 7) is 4.16. The number of rotatable bonds is 5. The van der Waals surface area contributed by atoms with Crippen molar-refractivity contribution in [1.82, 2.24) is 19.7 Å². The maximum atomic E-state index is 12.9. The van der Waals surface area contributed by atoms with Gasteiger partial charge in [-0.05, 0) is 78.4 Å². The zero-order valence-electron chi connectivity index (χ0n) is 20.0. The van der Waals surface area contributed by atoms with Gasteiger partial charge in [0.2, 0.25) is 5.91 Å². The first-order valence-corrected chi connectivity index (χ1v) is 12.2. The molecule has 0 spiro atoms. The summed E-state index contributed by atoms with van der Waals surface area (Å²) < 4.78 is 1.77. The van der Waals surface area contributed by atoms with Crippen molar-refractivity contribution in [2.75, 3.05) is 29.0 Å². The summed E-state index contributed by atoms with van der Waals surface area (Å²) in [5.41, 5.74) is 11.6. The Morgan fingerprint density at radius 1 is 1.14 bits per heavy atom. The van der Waals surface area contributed by atoms with Crippen LogP contribution in [0, 0.1) is 12.8 Å². The zero-order valence-corrected chi connectivity index (χ0v) is 20.0. The van der Waals surface area contributed by atoms with Crippen molar-refractivity contribution in [2.24, 2.45) is 13.0 Å². The molecule has 3 N–H and O–H groups in total. The number of nitrogen functional groups attached to an aromatic ring is 1. The number of hydrogen-bond donors (Lipinski definition) is 2. The lowest BCUT2D eigenvalue weighted by Gasteiger charge is -2.22. The lowest BCUT2D eigenvalue weighted by Crippen LogP contribution is -2.20. The number of aryl methyl sites for hydroxylation is 2. The normalized spacial score (nSPS) is 19.3. The van der Waals surface area contributed by atoms with Crippen molar-refractivity contribution in [3.8, 4) is 11.1 Å². The van der Waals surface area contributed by atoms with Crippen LogP contribution in [0.5, 0.6) is 0 Å². The number of anilines is 3. The number of nitrogens with zero attached hydrogens (tertiary/aromatic N) is 5. The van der Waals surface area contributed by atoms with Gasteiger partial charge in [0.05, 0.1) is 6.20 Å². The van der Waals surface area contributed by atoms with Crippen molar-refractivity contribution in [1.29, 1.82) is 0 Å². The highest BCUT2D eigenvalue weighted by Crippen LogP contribution is 2.48. The van der Waals surface area contributed by atoms with Crippen molar-refractivity contribution in [3.63, 3.8) is 0 Å². The fraction of sp³-hybridized carbons (Fsp3) is 0.333. The fourth-order valence-corrected chi connectivity index (χ4v) is 5.27. The number of fused-ring (bicyclic) bond motifs is 1. The molecule has 8 nitrogen and oxygen atoms in total. The quantitative estimate of drug-likeness (QED) is 0.425. The van der Waals surface area contributed by atoms with Gasteiger partial charge in [0.1, 0.15) is 11.6 Å². The molecule has 1 aliphatic heterocycles. The monoisotopic (exact) mass is 467 g/mol. The van der Waals surface area contributed by atoms with Gasteiger partial charge in [0.25, 0.3) is 0 Å². The van der Waals surface area contributed by atoms with E-state index in [0.29, 0.717) is 11.5 Å². The van der Waals surface area contributed by atoms with E-state index in [1.54, 1.807) is 10.9 Å². The van der Waals surface area contributed by atoms with E-state index in [2.05, 4.69) is 33.3 Å². The van der Waals surface area contributed by atoms with Gasteiger partial charge in [-0.3, -0.25) is 9.48 Å². The molecule has 8 heteroatoms. The topological polar surface area (TPSA) is 102 Å². The van der Waals surface area contributed by atoms with Crippen molar-refractivity contribution in [3.05, 3.63) is 60.2 Å². The lowest BCUT2D eigenvalue weighted by molar-refractivity contribution is -0.117. The van der Waals surface area contributed by atoms with Crippen LogP contribution in [0.15, 0.2) is 49.1 Å². The molecule has 3 aromatic heterocycles. The second-order valence-corrected chi connectivity index (χ2v) is 9.76. The molecule has 0 radical (unpaired) electrons. The van der Waals surface area contributed by atoms with Crippen molar-refractivity contribution in [2.45, 2.75) is 32.1 Å². The van der Waals surface area contributed by atoms with Crippen LogP contribution in [0.3, 0.4) is 0 Å². The summed E-state index contributed by atoms with van der Waals surface area (Å²) >= 11 is 0. The standard InChI is InChI=1S/C27H29N7O/c1-16-5-6-29-26(34-7-3-4-8-34)25(16)18-9-17-11-24(30-14-22(17)23(28)10-18)32-27(35)21-12-20(21)19-13-31-33(2)15-19/h5-6,9-11,13-15,20-21H,3-4,7-8,12,28H2,1-2H3,(H,30,32,35). The van der Waals surface area contributed by atoms with E-state index < -0.39 is 0 Å². The summed E-state index contributed by atoms with van der Waals surface area (Å²) in [4.78, 5) is 24.4. The Balaban J connectivity index is 1.30. The van der Waals surface area contributed by atoms with Gasteiger partial charge in [-0.15, -0.1) is 0 Å². The van der Waals surface area contributed by atoms with E-state index in [1.807, 2.05) is 43.8 Å². The molecule has 1 amide bonds. The Bertz CT molecular complexity index is 1440. The first kappa shape index (κ1) is 21.6. The van der Waals surface area contributed by atoms with Crippen LogP contribution in [0.2, 0.25) is 0 Å². The third kappa shape index (κ3) is 3.99. The Hall–Kier alpha value is -3.94. The summed E-state index contributed by atoms with van der Waals surface area (Å²) in [7, 11) is 1.89. The maximum Gasteiger partial charge on any atom is 0.229 e. The molecule has 2 fully saturated rings. The minimum Gasteiger partial charge on any atom is -0.398 e. The molecule has 2 unspecified atom stereocenters. The Labute approximate surface area is 204 Å². The minimum atomic E-state index is -0.0471. The number of nitrogens with two attached hydrogens (primary N) is 1. The molecule has 1 aromatic carbocycles. The number of carbonyl (C=O) groups excluding carboxylic acids is 1. The Morgan fingerprint density at radius 3 is 2.74 bits per heavy atom. The van der Waals surface area contributed by atoms with Gasteiger partial charge in [-0.25, -0.2) is 9.97 Å². The predicted octanol–water partition coefficient (Wildman–Crippen LogP) is 4.26. The molecule has 6 rings (SSSR count). The van der Waals surface area contributed by atoms with Gasteiger partial charge < -0.3 is 16.0 Å². The van der Waals surface area contributed by atoms with Crippen LogP contribution in [-0.4, -0.2) is 38.7 Å². The molecular weight excluding hydrogens is 438 g/mol. The van der Waals surface area contributed by atoms with Crippen LogP contribution in [0.4, 0.5) is 17.3 Å². The van der Waals surface area contributed by atoms with Gasteiger partial charge in [-0.1, -0.05) is 0 Å². The molecule has 1 aliphatic carbocycles. The highest BCUT2D eigenvalue weighted by atomic mass is 16.2. The van der Waals surface area contributed by atoms with E-state index in [0.717, 1.165) is 52.8 Å². The zero-order chi connectivity index (χ0) is 24.1. The van der Waals surface area contributed by atoms with E-state index in [4.69, 9.17) is 10.7 Å². The first-order chi connectivity index (χ1) is 17.0. The molecule has 4 heterocycles. The van der Waals surface area contributed by atoms with E-state index in [-0.39, 0.29) is 17.7 Å². The van der Waals surface area contributed by atoms with Crippen LogP contribution < -0.4 is 16.0 Å². The molecule has 1 saturated heterocycles. The summed E-state index contributed by atoms with van der Waals surface area (Å²) in [6, 6.07) is 8.09. The average Bonchev–Trinajstić information content (AvgIpc) is 3.21. The third-order valence-corrected chi connectivity index (χ3v) is 7.23. The maximum absolute atomic E-state index is 12.9. The second kappa shape index (κ2) is 8.37. The van der Waals surface area contributed by atoms with Gasteiger partial charge >= 0.3 is 0 Å². The van der Waals surface area contributed by atoms with Gasteiger partial charge in [-0.2, -0.15) is 5.10 Å². The van der Waals surface area contributed by atoms with Gasteiger partial charge in [0.15, 0.2) is 0 Å². The number of aromatic nitrogens is 4. The number of nitrogens with one attached hydrogen (secondary N) is 1. The molecule has 2 aliphatic rings. The molecule has 178 valence electrons. The van der Waals surface area contributed by atoms with Crippen LogP contribution in [0.25, 0.3) is 21.9 Å². The van der Waals surface area contributed by atoms with Crippen LogP contribution in [-0.2, 0) is 11.8 Å². The highest BCUT2D eigenvalue weighted by molar-refractivity contribution is 6.01. The third-order valence-electron chi connectivity index (χ3n) is 7.23. The molecule has 35 heavy (non-hydrogen) atoms. The second-order valence-electron chi connectivity index (χ2n) is 9.76. The molecular formula is C27H29N7O. The van der Waals surface area contributed by atoms with Gasteiger partial charge in [0, 0.05) is 61.3 Å². The van der Waals surface area contributed by atoms with E-state index in [1.165, 1.54) is 18.4 Å². The molecule has 1 saturated carbocycles. The predicted molar refractivity (Wildman–Crippen MR) is 138 cm³/mol. The van der Waals surface area contributed by atoms with Crippen LogP contribution in [0.1, 0.15) is 36.3 Å². The smallest absolute Gasteiger partial charge is 0.229 e. The molecule has 2 atom stereocenters. The number of carbonyl (C=O) groups is 1. The molecule has 0 bridgehead atoms.